The van der Waals surface area contributed by atoms with Gasteiger partial charge in [-0.3, -0.25) is 0 Å². The molecule has 3 aromatic carbocycles. The summed E-state index contributed by atoms with van der Waals surface area (Å²) in [6, 6.07) is 29.2. The number of methoxy groups -OCH3 is 1. The van der Waals surface area contributed by atoms with Crippen molar-refractivity contribution in [3.05, 3.63) is 90.5 Å². The van der Waals surface area contributed by atoms with Crippen molar-refractivity contribution in [1.82, 2.24) is 0 Å². The van der Waals surface area contributed by atoms with Crippen LogP contribution in [0.15, 0.2) is 84.9 Å². The van der Waals surface area contributed by atoms with E-state index >= 15 is 0 Å². The van der Waals surface area contributed by atoms with Gasteiger partial charge in [-0.05, 0) is 101 Å². The van der Waals surface area contributed by atoms with E-state index in [4.69, 9.17) is 22.8 Å². The molecule has 9 heteroatoms. The zero-order chi connectivity index (χ0) is 42.5. The van der Waals surface area contributed by atoms with E-state index < -0.39 is 37.2 Å². The molecule has 1 N–H and O–H groups in total. The van der Waals surface area contributed by atoms with Gasteiger partial charge in [-0.1, -0.05) is 147 Å². The Morgan fingerprint density at radius 3 is 1.63 bits per heavy atom. The molecule has 3 aromatic rings. The van der Waals surface area contributed by atoms with Crippen molar-refractivity contribution >= 4 is 35.3 Å². The van der Waals surface area contributed by atoms with Crippen LogP contribution in [0.1, 0.15) is 100.0 Å². The number of aliphatic hydroxyl groups is 1. The van der Waals surface area contributed by atoms with Crippen molar-refractivity contribution in [2.45, 2.75) is 161 Å². The summed E-state index contributed by atoms with van der Waals surface area (Å²) in [5, 5.41) is 14.4. The van der Waals surface area contributed by atoms with Gasteiger partial charge in [-0.15, -0.1) is 0 Å². The Bertz CT molecular complexity index is 1620. The average molecular weight is 833 g/mol. The maximum Gasteiger partial charge on any atom is 0.262 e. The molecule has 0 amide bonds. The fourth-order valence-electron chi connectivity index (χ4n) is 6.39. The summed E-state index contributed by atoms with van der Waals surface area (Å²) in [5.74, 6) is 7.99. The molecule has 57 heavy (non-hydrogen) atoms. The Morgan fingerprint density at radius 2 is 1.14 bits per heavy atom. The third-order valence-electron chi connectivity index (χ3n) is 12.0. The van der Waals surface area contributed by atoms with Crippen molar-refractivity contribution in [1.29, 1.82) is 0 Å². The van der Waals surface area contributed by atoms with E-state index in [1.54, 1.807) is 7.11 Å². The van der Waals surface area contributed by atoms with Crippen LogP contribution in [0.2, 0.25) is 41.3 Å². The molecule has 6 nitrogen and oxygen atoms in total. The lowest BCUT2D eigenvalue weighted by molar-refractivity contribution is 0.0524. The monoisotopic (exact) mass is 832 g/mol. The van der Waals surface area contributed by atoms with Crippen LogP contribution in [-0.2, 0) is 24.6 Å². The summed E-state index contributed by atoms with van der Waals surface area (Å²) in [6.07, 6.45) is 1.96. The molecule has 0 radical (unpaired) electrons. The van der Waals surface area contributed by atoms with E-state index in [9.17, 15) is 5.11 Å². The third-order valence-corrected chi connectivity index (χ3v) is 26.1. The number of aliphatic hydroxyl groups excluding tert-OH is 1. The summed E-state index contributed by atoms with van der Waals surface area (Å²) in [5.41, 5.74) is 1.12. The van der Waals surface area contributed by atoms with E-state index in [1.807, 2.05) is 24.3 Å². The van der Waals surface area contributed by atoms with Crippen molar-refractivity contribution in [2.24, 2.45) is 0 Å². The smallest absolute Gasteiger partial charge is 0.262 e. The van der Waals surface area contributed by atoms with Crippen LogP contribution in [0.4, 0.5) is 0 Å². The van der Waals surface area contributed by atoms with Crippen molar-refractivity contribution in [3.63, 3.8) is 0 Å². The molecule has 0 saturated carbocycles. The second-order valence-corrected chi connectivity index (χ2v) is 33.4. The Morgan fingerprint density at radius 1 is 0.596 bits per heavy atom. The number of unbranched alkanes of at least 4 members (excludes halogenated alkanes) is 1. The van der Waals surface area contributed by atoms with Gasteiger partial charge in [-0.2, -0.15) is 0 Å². The average Bonchev–Trinajstić information content (AvgIpc) is 3.14. The van der Waals surface area contributed by atoms with Gasteiger partial charge in [-0.25, -0.2) is 0 Å². The molecule has 0 aliphatic heterocycles. The van der Waals surface area contributed by atoms with E-state index in [1.165, 1.54) is 0 Å². The zero-order valence-corrected chi connectivity index (χ0v) is 41.0. The maximum atomic E-state index is 12.2. The predicted molar refractivity (Wildman–Crippen MR) is 247 cm³/mol. The van der Waals surface area contributed by atoms with Crippen LogP contribution in [0.5, 0.6) is 5.75 Å². The Hall–Kier alpha value is -2.53. The molecule has 0 unspecified atom stereocenters. The summed E-state index contributed by atoms with van der Waals surface area (Å²) >= 11 is 0. The lowest BCUT2D eigenvalue weighted by Crippen LogP contribution is -2.68. The first kappa shape index (κ1) is 48.8. The molecule has 0 spiro atoms. The molecule has 3 rings (SSSR count). The Balaban J connectivity index is 1.97. The Labute approximate surface area is 350 Å². The first-order valence-corrected chi connectivity index (χ1v) is 28.8. The van der Waals surface area contributed by atoms with Crippen molar-refractivity contribution < 1.29 is 27.9 Å². The molecular weight excluding hydrogens is 757 g/mol. The van der Waals surface area contributed by atoms with Gasteiger partial charge in [0.2, 0.25) is 0 Å². The number of hydrogen-bond donors (Lipinski definition) is 1. The third kappa shape index (κ3) is 14.0. The molecule has 0 heterocycles. The molecule has 316 valence electrons. The molecule has 0 bridgehead atoms. The first-order chi connectivity index (χ1) is 26.5. The molecule has 0 fully saturated rings. The van der Waals surface area contributed by atoms with Crippen molar-refractivity contribution in [2.75, 3.05) is 20.3 Å². The fourth-order valence-corrected chi connectivity index (χ4v) is 13.3. The van der Waals surface area contributed by atoms with Crippen LogP contribution < -0.4 is 15.1 Å². The quantitative estimate of drug-likeness (QED) is 0.0695. The van der Waals surface area contributed by atoms with Crippen LogP contribution in [-0.4, -0.2) is 68.7 Å². The summed E-state index contributed by atoms with van der Waals surface area (Å²) < 4.78 is 32.5. The summed E-state index contributed by atoms with van der Waals surface area (Å²) in [7, 11) is -5.48. The lowest BCUT2D eigenvalue weighted by Gasteiger charge is -2.45. The highest BCUT2D eigenvalue weighted by atomic mass is 28.4. The molecule has 0 aliphatic carbocycles. The number of hydrogen-bond acceptors (Lipinski definition) is 6. The number of benzene rings is 3. The van der Waals surface area contributed by atoms with Crippen LogP contribution in [0, 0.1) is 11.8 Å². The predicted octanol–water partition coefficient (Wildman–Crippen LogP) is 10.9. The van der Waals surface area contributed by atoms with E-state index in [2.05, 4.69) is 161 Å². The highest BCUT2D eigenvalue weighted by molar-refractivity contribution is 6.99. The molecule has 0 aromatic heterocycles. The van der Waals surface area contributed by atoms with E-state index in [0.717, 1.165) is 47.4 Å². The summed E-state index contributed by atoms with van der Waals surface area (Å²) in [4.78, 5) is 0. The van der Waals surface area contributed by atoms with Gasteiger partial charge < -0.3 is 27.9 Å². The second-order valence-electron chi connectivity index (χ2n) is 19.6. The van der Waals surface area contributed by atoms with Gasteiger partial charge in [0.25, 0.3) is 8.32 Å². The van der Waals surface area contributed by atoms with Crippen LogP contribution in [0.3, 0.4) is 0 Å². The van der Waals surface area contributed by atoms with Gasteiger partial charge in [0, 0.05) is 13.2 Å². The topological polar surface area (TPSA) is 66.4 Å². The standard InChI is InChI=1S/C48H76O6Si3/c1-46(2,3)55(11,12)52-37-23-29-44(49)45(54-57(48(7,8)9,42-25-17-15-18-26-42)43-27-19-16-20-28-43)35-34-41(53-56(13,14)47(4,5)6)24-21-22-36-51-38-39-30-32-40(50-10)33-31-39/h15-20,25-28,30-33,41,44-45,49H,21-24,29,36-38H2,1-14H3/t41-,44-,45-/m1/s1. The highest BCUT2D eigenvalue weighted by Crippen LogP contribution is 2.40. The first-order valence-electron chi connectivity index (χ1n) is 21.0. The van der Waals surface area contributed by atoms with Gasteiger partial charge in [0.1, 0.15) is 18.0 Å². The maximum absolute atomic E-state index is 12.2. The largest absolute Gasteiger partial charge is 0.497 e. The number of rotatable bonds is 20. The van der Waals surface area contributed by atoms with Crippen LogP contribution in [0.25, 0.3) is 0 Å². The SMILES string of the molecule is COc1ccc(COCCCC[C@H](C#C[C@@H](O[Si](c2ccccc2)(c2ccccc2)C(C)(C)C)[C@H](O)CCCO[Si](C)(C)C(C)(C)C)O[Si](C)(C)C(C)(C)C)cc1. The van der Waals surface area contributed by atoms with Gasteiger partial charge in [0.05, 0.1) is 19.8 Å². The minimum atomic E-state index is -3.04. The molecule has 0 aliphatic rings. The van der Waals surface area contributed by atoms with Crippen LogP contribution >= 0.6 is 0 Å². The molecular formula is C48H76O6Si3. The van der Waals surface area contributed by atoms with Crippen molar-refractivity contribution in [3.8, 4) is 17.6 Å². The Kier molecular flexibility index (Phi) is 18.1. The highest BCUT2D eigenvalue weighted by Gasteiger charge is 2.52. The zero-order valence-electron chi connectivity index (χ0n) is 38.0. The normalized spacial score (nSPS) is 14.7. The van der Waals surface area contributed by atoms with Gasteiger partial charge >= 0.3 is 0 Å². The minimum Gasteiger partial charge on any atom is -0.497 e. The summed E-state index contributed by atoms with van der Waals surface area (Å²) in [6.45, 7) is 31.3. The molecule has 0 saturated heterocycles. The van der Waals surface area contributed by atoms with E-state index in [0.29, 0.717) is 26.2 Å². The minimum absolute atomic E-state index is 0.0168. The fraction of sp³-hybridized carbons (Fsp3) is 0.583. The van der Waals surface area contributed by atoms with E-state index in [-0.39, 0.29) is 21.2 Å². The molecule has 3 atom stereocenters. The van der Waals surface area contributed by atoms with Gasteiger partial charge in [0.15, 0.2) is 16.6 Å². The number of ether oxygens (including phenoxy) is 2. The second kappa shape index (κ2) is 21.1. The lowest BCUT2D eigenvalue weighted by atomic mass is 10.1.